The Balaban J connectivity index is 2.04. The van der Waals surface area contributed by atoms with E-state index in [0.717, 1.165) is 21.1 Å². The molecule has 0 bridgehead atoms. The summed E-state index contributed by atoms with van der Waals surface area (Å²) in [6.07, 6.45) is 3.28. The van der Waals surface area contributed by atoms with Gasteiger partial charge >= 0.3 is 0 Å². The van der Waals surface area contributed by atoms with Crippen molar-refractivity contribution >= 4 is 38.4 Å². The van der Waals surface area contributed by atoms with Crippen molar-refractivity contribution in [1.29, 1.82) is 0 Å². The van der Waals surface area contributed by atoms with E-state index in [-0.39, 0.29) is 5.91 Å². The number of carbonyl (C=O) groups excluding carboxylic acids is 1. The Kier molecular flexibility index (Phi) is 2.87. The molecule has 2 N–H and O–H groups in total. The summed E-state index contributed by atoms with van der Waals surface area (Å²) in [6.45, 7) is 0. The first-order chi connectivity index (χ1) is 9.18. The quantitative estimate of drug-likeness (QED) is 0.763. The Labute approximate surface area is 117 Å². The molecule has 3 rings (SSSR count). The molecule has 0 aliphatic carbocycles. The highest BCUT2D eigenvalue weighted by molar-refractivity contribution is 9.10. The summed E-state index contributed by atoms with van der Waals surface area (Å²) in [6, 6.07) is 7.77. The van der Waals surface area contributed by atoms with E-state index >= 15 is 0 Å². The molecule has 1 amide bonds. The van der Waals surface area contributed by atoms with E-state index in [1.165, 1.54) is 0 Å². The summed E-state index contributed by atoms with van der Waals surface area (Å²) in [5.74, 6) is -0.121. The summed E-state index contributed by atoms with van der Waals surface area (Å²) < 4.78 is 0.781. The van der Waals surface area contributed by atoms with Gasteiger partial charge in [0.05, 0.1) is 16.4 Å². The number of aromatic nitrogens is 3. The second kappa shape index (κ2) is 4.55. The summed E-state index contributed by atoms with van der Waals surface area (Å²) in [5, 5.41) is 7.53. The van der Waals surface area contributed by atoms with Crippen LogP contribution in [-0.2, 0) is 0 Å². The van der Waals surface area contributed by atoms with E-state index in [9.17, 15) is 4.79 Å². The number of fused-ring (bicyclic) bond motifs is 1. The molecular weight excluding hydrogens is 308 g/mol. The molecule has 3 aromatic rings. The van der Waals surface area contributed by atoms with Crippen LogP contribution in [0.3, 0.4) is 0 Å². The van der Waals surface area contributed by atoms with Crippen molar-refractivity contribution in [2.24, 2.45) is 0 Å². The number of halogens is 1. The predicted molar refractivity (Wildman–Crippen MR) is 77.3 cm³/mol. The molecule has 0 aliphatic heterocycles. The van der Waals surface area contributed by atoms with E-state index in [2.05, 4.69) is 31.1 Å². The highest BCUT2D eigenvalue weighted by Crippen LogP contribution is 2.29. The number of carbonyl (C=O) groups is 1. The third-order valence-corrected chi connectivity index (χ3v) is 3.86. The lowest BCUT2D eigenvalue weighted by Gasteiger charge is -2.13. The maximum atomic E-state index is 12.5. The second-order valence-corrected chi connectivity index (χ2v) is 4.97. The Hall–Kier alpha value is -2.08. The zero-order valence-electron chi connectivity index (χ0n) is 10.1. The third-order valence-electron chi connectivity index (χ3n) is 3.03. The molecule has 19 heavy (non-hydrogen) atoms. The molecule has 96 valence electrons. The predicted octanol–water partition coefficient (Wildman–Crippen LogP) is 2.93. The fourth-order valence-electron chi connectivity index (χ4n) is 1.97. The molecule has 2 aromatic heterocycles. The zero-order chi connectivity index (χ0) is 13.4. The van der Waals surface area contributed by atoms with Crippen LogP contribution >= 0.6 is 15.9 Å². The summed E-state index contributed by atoms with van der Waals surface area (Å²) >= 11 is 3.48. The number of hydrogen-bond donors (Lipinski definition) is 2. The minimum atomic E-state index is -0.121. The lowest BCUT2D eigenvalue weighted by molar-refractivity contribution is 0.0988. The lowest BCUT2D eigenvalue weighted by Crippen LogP contribution is -2.26. The van der Waals surface area contributed by atoms with Gasteiger partial charge in [0.1, 0.15) is 5.69 Å². The highest BCUT2D eigenvalue weighted by Gasteiger charge is 2.20. The van der Waals surface area contributed by atoms with Gasteiger partial charge in [-0.15, -0.1) is 0 Å². The van der Waals surface area contributed by atoms with Gasteiger partial charge < -0.3 is 9.88 Å². The van der Waals surface area contributed by atoms with Crippen molar-refractivity contribution in [3.05, 3.63) is 46.8 Å². The van der Waals surface area contributed by atoms with Crippen LogP contribution < -0.4 is 4.90 Å². The van der Waals surface area contributed by atoms with Crippen molar-refractivity contribution in [3.8, 4) is 0 Å². The number of benzene rings is 1. The minimum Gasteiger partial charge on any atom is -0.350 e. The van der Waals surface area contributed by atoms with Crippen LogP contribution in [0.4, 0.5) is 5.69 Å². The van der Waals surface area contributed by atoms with Crippen LogP contribution in [0.15, 0.2) is 41.1 Å². The Morgan fingerprint density at radius 2 is 2.16 bits per heavy atom. The number of anilines is 1. The van der Waals surface area contributed by atoms with Gasteiger partial charge in [0.2, 0.25) is 0 Å². The normalized spacial score (nSPS) is 10.8. The lowest BCUT2D eigenvalue weighted by atomic mass is 10.2. The van der Waals surface area contributed by atoms with Crippen LogP contribution in [0.2, 0.25) is 0 Å². The van der Waals surface area contributed by atoms with Crippen LogP contribution in [0, 0.1) is 0 Å². The first kappa shape index (κ1) is 12.0. The van der Waals surface area contributed by atoms with Crippen LogP contribution in [0.25, 0.3) is 10.9 Å². The second-order valence-electron chi connectivity index (χ2n) is 4.18. The third kappa shape index (κ3) is 1.94. The molecule has 0 radical (unpaired) electrons. The molecule has 0 spiro atoms. The van der Waals surface area contributed by atoms with Gasteiger partial charge in [0, 0.05) is 24.1 Å². The van der Waals surface area contributed by atoms with Crippen molar-refractivity contribution in [3.63, 3.8) is 0 Å². The molecule has 0 fully saturated rings. The number of aromatic amines is 2. The Morgan fingerprint density at radius 1 is 1.37 bits per heavy atom. The summed E-state index contributed by atoms with van der Waals surface area (Å²) in [7, 11) is 1.71. The first-order valence-electron chi connectivity index (χ1n) is 5.71. The van der Waals surface area contributed by atoms with Crippen LogP contribution in [0.5, 0.6) is 0 Å². The van der Waals surface area contributed by atoms with Crippen molar-refractivity contribution in [1.82, 2.24) is 15.2 Å². The van der Waals surface area contributed by atoms with Gasteiger partial charge in [-0.05, 0) is 22.0 Å². The van der Waals surface area contributed by atoms with Gasteiger partial charge in [0.15, 0.2) is 0 Å². The number of hydrogen-bond acceptors (Lipinski definition) is 2. The first-order valence-corrected chi connectivity index (χ1v) is 6.51. The smallest absolute Gasteiger partial charge is 0.275 e. The number of nitrogens with one attached hydrogen (secondary N) is 2. The van der Waals surface area contributed by atoms with Crippen LogP contribution in [0.1, 0.15) is 10.5 Å². The van der Waals surface area contributed by atoms with Crippen molar-refractivity contribution in [2.75, 3.05) is 11.9 Å². The number of rotatable bonds is 2. The topological polar surface area (TPSA) is 64.8 Å². The fraction of sp³-hybridized carbons (Fsp3) is 0.0769. The summed E-state index contributed by atoms with van der Waals surface area (Å²) in [5.41, 5.74) is 2.18. The van der Waals surface area contributed by atoms with Crippen LogP contribution in [-0.4, -0.2) is 28.1 Å². The van der Waals surface area contributed by atoms with Crippen molar-refractivity contribution in [2.45, 2.75) is 0 Å². The van der Waals surface area contributed by atoms with Gasteiger partial charge in [-0.3, -0.25) is 9.89 Å². The van der Waals surface area contributed by atoms with E-state index in [4.69, 9.17) is 0 Å². The molecule has 5 nitrogen and oxygen atoms in total. The molecule has 0 aliphatic rings. The Bertz CT molecular complexity index is 732. The zero-order valence-corrected chi connectivity index (χ0v) is 11.7. The molecule has 0 atom stereocenters. The Morgan fingerprint density at radius 3 is 2.84 bits per heavy atom. The number of nitrogens with zero attached hydrogens (tertiary/aromatic N) is 2. The largest absolute Gasteiger partial charge is 0.350 e. The average molecular weight is 319 g/mol. The van der Waals surface area contributed by atoms with Gasteiger partial charge in [-0.1, -0.05) is 18.2 Å². The monoisotopic (exact) mass is 318 g/mol. The molecule has 0 saturated heterocycles. The SMILES string of the molecule is CN(C(=O)c1[nH]c2ccccc2c1Br)c1cn[nH]c1. The van der Waals surface area contributed by atoms with E-state index < -0.39 is 0 Å². The molecule has 1 aromatic carbocycles. The highest BCUT2D eigenvalue weighted by atomic mass is 79.9. The molecule has 0 unspecified atom stereocenters. The van der Waals surface area contributed by atoms with E-state index in [1.54, 1.807) is 24.3 Å². The maximum Gasteiger partial charge on any atom is 0.275 e. The molecule has 0 saturated carbocycles. The van der Waals surface area contributed by atoms with Crippen molar-refractivity contribution < 1.29 is 4.79 Å². The van der Waals surface area contributed by atoms with E-state index in [1.807, 2.05) is 24.3 Å². The molecular formula is C13H11BrN4O. The standard InChI is InChI=1S/C13H11BrN4O/c1-18(8-6-15-16-7-8)13(19)12-11(14)9-4-2-3-5-10(9)17-12/h2-7,17H,1H3,(H,15,16). The average Bonchev–Trinajstić information content (AvgIpc) is 3.06. The maximum absolute atomic E-state index is 12.5. The number of amides is 1. The minimum absolute atomic E-state index is 0.121. The van der Waals surface area contributed by atoms with Gasteiger partial charge in [-0.25, -0.2) is 0 Å². The van der Waals surface area contributed by atoms with Gasteiger partial charge in [-0.2, -0.15) is 5.10 Å². The molecule has 6 heteroatoms. The molecule has 2 heterocycles. The van der Waals surface area contributed by atoms with Gasteiger partial charge in [0.25, 0.3) is 5.91 Å². The number of para-hydroxylation sites is 1. The summed E-state index contributed by atoms with van der Waals surface area (Å²) in [4.78, 5) is 17.1. The van der Waals surface area contributed by atoms with E-state index in [0.29, 0.717) is 5.69 Å². The number of H-pyrrole nitrogens is 2. The fourth-order valence-corrected chi connectivity index (χ4v) is 2.58.